The molecule has 1 unspecified atom stereocenters. The van der Waals surface area contributed by atoms with E-state index in [4.69, 9.17) is 4.74 Å². The number of hydrogen-bond acceptors (Lipinski definition) is 7. The Morgan fingerprint density at radius 2 is 1.91 bits per heavy atom. The van der Waals surface area contributed by atoms with E-state index in [0.717, 1.165) is 26.4 Å². The minimum absolute atomic E-state index is 0.145. The number of rotatable bonds is 8. The smallest absolute Gasteiger partial charge is 0.338 e. The van der Waals surface area contributed by atoms with E-state index in [1.165, 1.54) is 22.9 Å². The van der Waals surface area contributed by atoms with Gasteiger partial charge in [-0.25, -0.2) is 14.8 Å². The first-order valence-corrected chi connectivity index (χ1v) is 13.2. The number of carbonyl (C=O) groups excluding carboxylic acids is 2. The van der Waals surface area contributed by atoms with E-state index in [1.807, 2.05) is 6.92 Å². The van der Waals surface area contributed by atoms with Crippen LogP contribution in [0.1, 0.15) is 41.8 Å². The molecule has 180 valence electrons. The molecule has 4 aromatic rings. The first-order valence-electron chi connectivity index (χ1n) is 11.5. The molecule has 0 spiro atoms. The molecule has 8 heteroatoms. The molecule has 0 saturated heterocycles. The van der Waals surface area contributed by atoms with Gasteiger partial charge < -0.3 is 10.1 Å². The maximum atomic E-state index is 13.2. The van der Waals surface area contributed by atoms with Crippen molar-refractivity contribution in [3.05, 3.63) is 70.9 Å². The molecule has 0 aliphatic rings. The van der Waals surface area contributed by atoms with Gasteiger partial charge in [0.1, 0.15) is 16.2 Å². The van der Waals surface area contributed by atoms with Crippen molar-refractivity contribution in [2.75, 3.05) is 11.9 Å². The summed E-state index contributed by atoms with van der Waals surface area (Å²) in [6.07, 6.45) is 2.17. The fourth-order valence-electron chi connectivity index (χ4n) is 3.68. The van der Waals surface area contributed by atoms with Crippen molar-refractivity contribution in [3.63, 3.8) is 0 Å². The predicted octanol–water partition coefficient (Wildman–Crippen LogP) is 6.66. The highest BCUT2D eigenvalue weighted by molar-refractivity contribution is 8.00. The summed E-state index contributed by atoms with van der Waals surface area (Å²) in [5.41, 5.74) is 5.62. The lowest BCUT2D eigenvalue weighted by Crippen LogP contribution is -2.24. The Hall–Kier alpha value is -3.23. The molecule has 1 atom stereocenters. The van der Waals surface area contributed by atoms with Gasteiger partial charge in [0, 0.05) is 16.6 Å². The number of thiophene rings is 1. The summed E-state index contributed by atoms with van der Waals surface area (Å²) in [6.45, 7) is 8.23. The second-order valence-electron chi connectivity index (χ2n) is 8.11. The van der Waals surface area contributed by atoms with Crippen LogP contribution in [0.25, 0.3) is 21.3 Å². The molecule has 2 aromatic heterocycles. The number of ether oxygens (including phenoxy) is 1. The van der Waals surface area contributed by atoms with Gasteiger partial charge in [-0.15, -0.1) is 11.3 Å². The number of thioether (sulfide) groups is 1. The number of hydrogen-bond donors (Lipinski definition) is 1. The average Bonchev–Trinajstić information content (AvgIpc) is 3.29. The first kappa shape index (κ1) is 24.9. The van der Waals surface area contributed by atoms with Gasteiger partial charge in [-0.05, 0) is 62.1 Å². The van der Waals surface area contributed by atoms with E-state index < -0.39 is 5.97 Å². The summed E-state index contributed by atoms with van der Waals surface area (Å²) in [5.74, 6) is -0.557. The maximum Gasteiger partial charge on any atom is 0.338 e. The summed E-state index contributed by atoms with van der Waals surface area (Å²) < 4.78 is 5.06. The number of nitrogens with one attached hydrogen (secondary N) is 1. The Morgan fingerprint density at radius 1 is 1.09 bits per heavy atom. The second-order valence-corrected chi connectivity index (χ2v) is 10.2. The number of nitrogens with zero attached hydrogens (tertiary/aromatic N) is 2. The van der Waals surface area contributed by atoms with E-state index in [0.29, 0.717) is 24.3 Å². The van der Waals surface area contributed by atoms with Crippen LogP contribution in [0, 0.1) is 13.8 Å². The molecule has 0 radical (unpaired) electrons. The third-order valence-corrected chi connectivity index (χ3v) is 7.96. The molecule has 1 amide bonds. The second kappa shape index (κ2) is 11.0. The number of aryl methyl sites for hydroxylation is 2. The molecular weight excluding hydrogens is 478 g/mol. The molecule has 2 heterocycles. The number of esters is 1. The monoisotopic (exact) mass is 505 g/mol. The lowest BCUT2D eigenvalue weighted by molar-refractivity contribution is -0.115. The quantitative estimate of drug-likeness (QED) is 0.164. The van der Waals surface area contributed by atoms with E-state index in [9.17, 15) is 9.59 Å². The first-order chi connectivity index (χ1) is 16.9. The molecule has 0 aliphatic heterocycles. The highest BCUT2D eigenvalue weighted by atomic mass is 32.2. The van der Waals surface area contributed by atoms with E-state index in [1.54, 1.807) is 48.9 Å². The Balaban J connectivity index is 1.60. The number of fused-ring (bicyclic) bond motifs is 1. The molecule has 35 heavy (non-hydrogen) atoms. The fraction of sp³-hybridized carbons (Fsp3) is 0.259. The summed E-state index contributed by atoms with van der Waals surface area (Å²) in [5, 5.41) is 6.44. The third-order valence-electron chi connectivity index (χ3n) is 5.71. The Bertz CT molecular complexity index is 1380. The lowest BCUT2D eigenvalue weighted by atomic mass is 10.0. The number of carbonyl (C=O) groups is 2. The molecule has 6 nitrogen and oxygen atoms in total. The standard InChI is InChI=1S/C27H27N3O3S2/c1-5-22(24(31)30-20-9-7-8-19(13-20)27(32)33-6-2)35-26-23-21(14-34-25(23)28-15-29-26)18-11-10-16(3)17(4)12-18/h7-15,22H,5-6H2,1-4H3,(H,30,31). The zero-order valence-corrected chi connectivity index (χ0v) is 21.8. The molecule has 0 aliphatic carbocycles. The summed E-state index contributed by atoms with van der Waals surface area (Å²) in [6, 6.07) is 13.2. The van der Waals surface area contributed by atoms with Crippen molar-refractivity contribution in [3.8, 4) is 11.1 Å². The molecular formula is C27H27N3O3S2. The number of benzene rings is 2. The predicted molar refractivity (Wildman–Crippen MR) is 143 cm³/mol. The van der Waals surface area contributed by atoms with Gasteiger partial charge in [0.25, 0.3) is 0 Å². The lowest BCUT2D eigenvalue weighted by Gasteiger charge is -2.15. The van der Waals surface area contributed by atoms with Gasteiger partial charge in [-0.2, -0.15) is 0 Å². The van der Waals surface area contributed by atoms with Crippen LogP contribution in [0.4, 0.5) is 5.69 Å². The minimum atomic E-state index is -0.412. The van der Waals surface area contributed by atoms with Gasteiger partial charge in [0.2, 0.25) is 5.91 Å². The van der Waals surface area contributed by atoms with Crippen molar-refractivity contribution >= 4 is 50.9 Å². The Morgan fingerprint density at radius 3 is 2.66 bits per heavy atom. The average molecular weight is 506 g/mol. The topological polar surface area (TPSA) is 81.2 Å². The molecule has 0 saturated carbocycles. The van der Waals surface area contributed by atoms with Crippen LogP contribution in [0.15, 0.2) is 59.2 Å². The third kappa shape index (κ3) is 5.55. The minimum Gasteiger partial charge on any atom is -0.462 e. The van der Waals surface area contributed by atoms with E-state index >= 15 is 0 Å². The normalized spacial score (nSPS) is 11.9. The maximum absolute atomic E-state index is 13.2. The van der Waals surface area contributed by atoms with Crippen molar-refractivity contribution < 1.29 is 14.3 Å². The summed E-state index contributed by atoms with van der Waals surface area (Å²) in [7, 11) is 0. The summed E-state index contributed by atoms with van der Waals surface area (Å²) >= 11 is 3.02. The summed E-state index contributed by atoms with van der Waals surface area (Å²) in [4.78, 5) is 35.1. The van der Waals surface area contributed by atoms with Gasteiger partial charge >= 0.3 is 5.97 Å². The van der Waals surface area contributed by atoms with Crippen LogP contribution in [-0.4, -0.2) is 33.7 Å². The largest absolute Gasteiger partial charge is 0.462 e. The van der Waals surface area contributed by atoms with Crippen LogP contribution in [0.3, 0.4) is 0 Å². The van der Waals surface area contributed by atoms with E-state index in [2.05, 4.69) is 52.7 Å². The molecule has 0 fully saturated rings. The van der Waals surface area contributed by atoms with Gasteiger partial charge in [0.15, 0.2) is 0 Å². The van der Waals surface area contributed by atoms with Gasteiger partial charge in [-0.1, -0.05) is 43.0 Å². The highest BCUT2D eigenvalue weighted by Gasteiger charge is 2.23. The SMILES string of the molecule is CCOC(=O)c1cccc(NC(=O)C(CC)Sc2ncnc3scc(-c4ccc(C)c(C)c4)c23)c1. The van der Waals surface area contributed by atoms with Crippen molar-refractivity contribution in [2.45, 2.75) is 44.4 Å². The number of aromatic nitrogens is 2. The van der Waals surface area contributed by atoms with Gasteiger partial charge in [-0.3, -0.25) is 4.79 Å². The number of anilines is 1. The highest BCUT2D eigenvalue weighted by Crippen LogP contribution is 2.40. The van der Waals surface area contributed by atoms with E-state index in [-0.39, 0.29) is 11.2 Å². The van der Waals surface area contributed by atoms with Crippen LogP contribution in [0.5, 0.6) is 0 Å². The van der Waals surface area contributed by atoms with Crippen LogP contribution in [0.2, 0.25) is 0 Å². The molecule has 1 N–H and O–H groups in total. The van der Waals surface area contributed by atoms with Crippen molar-refractivity contribution in [1.82, 2.24) is 9.97 Å². The van der Waals surface area contributed by atoms with Crippen molar-refractivity contribution in [2.24, 2.45) is 0 Å². The van der Waals surface area contributed by atoms with Crippen LogP contribution >= 0.6 is 23.1 Å². The van der Waals surface area contributed by atoms with Gasteiger partial charge in [0.05, 0.1) is 22.8 Å². The molecule has 2 aromatic carbocycles. The zero-order chi connectivity index (χ0) is 24.9. The number of amides is 1. The van der Waals surface area contributed by atoms with Crippen LogP contribution in [-0.2, 0) is 9.53 Å². The Kier molecular flexibility index (Phi) is 7.83. The fourth-order valence-corrected chi connectivity index (χ4v) is 5.69. The van der Waals surface area contributed by atoms with Crippen molar-refractivity contribution in [1.29, 1.82) is 0 Å². The molecule has 0 bridgehead atoms. The Labute approximate surface area is 213 Å². The van der Waals surface area contributed by atoms with Crippen LogP contribution < -0.4 is 5.32 Å². The zero-order valence-electron chi connectivity index (χ0n) is 20.1. The molecule has 4 rings (SSSR count).